The van der Waals surface area contributed by atoms with Gasteiger partial charge in [0, 0.05) is 5.02 Å². The number of aliphatic hydroxyl groups is 1. The Labute approximate surface area is 110 Å². The van der Waals surface area contributed by atoms with Crippen molar-refractivity contribution in [3.8, 4) is 0 Å². The molecule has 96 valence electrons. The van der Waals surface area contributed by atoms with Crippen molar-refractivity contribution in [3.05, 3.63) is 34.9 Å². The molecule has 0 saturated carbocycles. The van der Waals surface area contributed by atoms with Gasteiger partial charge in [-0.3, -0.25) is 0 Å². The summed E-state index contributed by atoms with van der Waals surface area (Å²) >= 11 is 6.01. The van der Waals surface area contributed by atoms with Crippen LogP contribution in [0.25, 0.3) is 0 Å². The summed E-state index contributed by atoms with van der Waals surface area (Å²) in [6.45, 7) is 8.54. The van der Waals surface area contributed by atoms with Gasteiger partial charge in [0.2, 0.25) is 0 Å². The van der Waals surface area contributed by atoms with E-state index in [-0.39, 0.29) is 0 Å². The molecule has 0 aromatic heterocycles. The highest BCUT2D eigenvalue weighted by atomic mass is 35.5. The van der Waals surface area contributed by atoms with Gasteiger partial charge in [-0.1, -0.05) is 51.4 Å². The highest BCUT2D eigenvalue weighted by Crippen LogP contribution is 2.35. The number of hydrogen-bond donors (Lipinski definition) is 1. The van der Waals surface area contributed by atoms with E-state index in [9.17, 15) is 5.11 Å². The number of hydrogen-bond acceptors (Lipinski definition) is 1. The van der Waals surface area contributed by atoms with Crippen LogP contribution in [0.4, 0.5) is 0 Å². The summed E-state index contributed by atoms with van der Waals surface area (Å²) in [7, 11) is 0. The molecule has 0 aliphatic rings. The Morgan fingerprint density at radius 2 is 1.65 bits per heavy atom. The molecule has 0 heterocycles. The molecule has 1 N–H and O–H groups in total. The minimum Gasteiger partial charge on any atom is -0.385 e. The molecule has 0 unspecified atom stereocenters. The Kier molecular flexibility index (Phi) is 5.03. The normalized spacial score (nSPS) is 12.5. The van der Waals surface area contributed by atoms with E-state index in [1.807, 2.05) is 24.3 Å². The van der Waals surface area contributed by atoms with Crippen molar-refractivity contribution >= 4 is 11.6 Å². The smallest absolute Gasteiger partial charge is 0.0902 e. The lowest BCUT2D eigenvalue weighted by Crippen LogP contribution is -2.29. The van der Waals surface area contributed by atoms with Gasteiger partial charge in [-0.25, -0.2) is 0 Å². The molecule has 0 spiro atoms. The average Bonchev–Trinajstić information content (AvgIpc) is 2.14. The molecule has 0 aliphatic heterocycles. The van der Waals surface area contributed by atoms with Gasteiger partial charge in [0.25, 0.3) is 0 Å². The fourth-order valence-corrected chi connectivity index (χ4v) is 2.64. The zero-order valence-electron chi connectivity index (χ0n) is 11.2. The third-order valence-corrected chi connectivity index (χ3v) is 3.09. The summed E-state index contributed by atoms with van der Waals surface area (Å²) in [6.07, 6.45) is 1.54. The lowest BCUT2D eigenvalue weighted by atomic mass is 9.80. The third kappa shape index (κ3) is 4.33. The molecule has 1 nitrogen and oxygen atoms in total. The summed E-state index contributed by atoms with van der Waals surface area (Å²) in [5.74, 6) is 0.912. The van der Waals surface area contributed by atoms with Gasteiger partial charge in [-0.15, -0.1) is 0 Å². The average molecular weight is 255 g/mol. The molecule has 2 heteroatoms. The molecule has 1 aromatic carbocycles. The first-order valence-corrected chi connectivity index (χ1v) is 6.69. The Balaban J connectivity index is 3.04. The SMILES string of the molecule is CC(C)CC(O)(CC(C)C)c1cccc(Cl)c1. The van der Waals surface area contributed by atoms with Crippen LogP contribution in [0.1, 0.15) is 46.1 Å². The van der Waals surface area contributed by atoms with Crippen LogP contribution in [0, 0.1) is 11.8 Å². The van der Waals surface area contributed by atoms with Gasteiger partial charge in [0.1, 0.15) is 0 Å². The standard InChI is InChI=1S/C15H23ClO/c1-11(2)9-15(17,10-12(3)4)13-6-5-7-14(16)8-13/h5-8,11-12,17H,9-10H2,1-4H3. The van der Waals surface area contributed by atoms with Crippen LogP contribution in [0.5, 0.6) is 0 Å². The van der Waals surface area contributed by atoms with E-state index in [4.69, 9.17) is 11.6 Å². The fourth-order valence-electron chi connectivity index (χ4n) is 2.45. The lowest BCUT2D eigenvalue weighted by molar-refractivity contribution is -0.00449. The second-order valence-corrected chi connectivity index (χ2v) is 6.17. The van der Waals surface area contributed by atoms with Gasteiger partial charge >= 0.3 is 0 Å². The number of rotatable bonds is 5. The Morgan fingerprint density at radius 1 is 1.12 bits per heavy atom. The van der Waals surface area contributed by atoms with Gasteiger partial charge in [-0.05, 0) is 42.4 Å². The maximum atomic E-state index is 10.9. The van der Waals surface area contributed by atoms with E-state index in [0.717, 1.165) is 18.4 Å². The largest absolute Gasteiger partial charge is 0.385 e. The van der Waals surface area contributed by atoms with Crippen LogP contribution in [0.2, 0.25) is 5.02 Å². The first-order chi connectivity index (χ1) is 7.83. The molecule has 0 aliphatic carbocycles. The summed E-state index contributed by atoms with van der Waals surface area (Å²) in [6, 6.07) is 7.60. The molecular weight excluding hydrogens is 232 g/mol. The minimum absolute atomic E-state index is 0.456. The number of benzene rings is 1. The molecule has 0 bridgehead atoms. The minimum atomic E-state index is -0.757. The van der Waals surface area contributed by atoms with Crippen LogP contribution in [0.3, 0.4) is 0 Å². The van der Waals surface area contributed by atoms with Gasteiger partial charge in [-0.2, -0.15) is 0 Å². The monoisotopic (exact) mass is 254 g/mol. The quantitative estimate of drug-likeness (QED) is 0.813. The van der Waals surface area contributed by atoms with E-state index in [0.29, 0.717) is 16.9 Å². The predicted octanol–water partition coefficient (Wildman–Crippen LogP) is 4.62. The maximum Gasteiger partial charge on any atom is 0.0902 e. The van der Waals surface area contributed by atoms with E-state index < -0.39 is 5.60 Å². The van der Waals surface area contributed by atoms with Crippen LogP contribution >= 0.6 is 11.6 Å². The molecule has 17 heavy (non-hydrogen) atoms. The van der Waals surface area contributed by atoms with Gasteiger partial charge < -0.3 is 5.11 Å². The third-order valence-electron chi connectivity index (χ3n) is 2.85. The molecule has 0 atom stereocenters. The predicted molar refractivity (Wildman–Crippen MR) is 74.3 cm³/mol. The zero-order valence-corrected chi connectivity index (χ0v) is 12.0. The Morgan fingerprint density at radius 3 is 2.06 bits per heavy atom. The summed E-state index contributed by atoms with van der Waals surface area (Å²) in [4.78, 5) is 0. The first kappa shape index (κ1) is 14.5. The van der Waals surface area contributed by atoms with Crippen LogP contribution in [0.15, 0.2) is 24.3 Å². The summed E-state index contributed by atoms with van der Waals surface area (Å²) in [5.41, 5.74) is 0.181. The Hall–Kier alpha value is -0.530. The van der Waals surface area contributed by atoms with Crippen molar-refractivity contribution in [2.24, 2.45) is 11.8 Å². The van der Waals surface area contributed by atoms with E-state index in [1.54, 1.807) is 0 Å². The van der Waals surface area contributed by atoms with Crippen molar-refractivity contribution in [2.75, 3.05) is 0 Å². The first-order valence-electron chi connectivity index (χ1n) is 6.32. The van der Waals surface area contributed by atoms with Crippen LogP contribution in [-0.4, -0.2) is 5.11 Å². The topological polar surface area (TPSA) is 20.2 Å². The van der Waals surface area contributed by atoms with Gasteiger partial charge in [0.05, 0.1) is 5.60 Å². The molecule has 0 radical (unpaired) electrons. The van der Waals surface area contributed by atoms with E-state index in [2.05, 4.69) is 27.7 Å². The second-order valence-electron chi connectivity index (χ2n) is 5.74. The van der Waals surface area contributed by atoms with Crippen molar-refractivity contribution in [1.82, 2.24) is 0 Å². The van der Waals surface area contributed by atoms with Crippen molar-refractivity contribution < 1.29 is 5.11 Å². The van der Waals surface area contributed by atoms with E-state index in [1.165, 1.54) is 0 Å². The molecule has 1 rings (SSSR count). The number of halogens is 1. The molecule has 0 amide bonds. The highest BCUT2D eigenvalue weighted by Gasteiger charge is 2.31. The van der Waals surface area contributed by atoms with Crippen LogP contribution < -0.4 is 0 Å². The van der Waals surface area contributed by atoms with E-state index >= 15 is 0 Å². The molecular formula is C15H23ClO. The van der Waals surface area contributed by atoms with Crippen molar-refractivity contribution in [3.63, 3.8) is 0 Å². The van der Waals surface area contributed by atoms with Crippen molar-refractivity contribution in [2.45, 2.75) is 46.1 Å². The van der Waals surface area contributed by atoms with Crippen LogP contribution in [-0.2, 0) is 5.60 Å². The highest BCUT2D eigenvalue weighted by molar-refractivity contribution is 6.30. The summed E-state index contributed by atoms with van der Waals surface area (Å²) in [5, 5.41) is 11.6. The molecule has 0 saturated heterocycles. The summed E-state index contributed by atoms with van der Waals surface area (Å²) < 4.78 is 0. The van der Waals surface area contributed by atoms with Crippen molar-refractivity contribution in [1.29, 1.82) is 0 Å². The molecule has 1 aromatic rings. The molecule has 0 fully saturated rings. The lowest BCUT2D eigenvalue weighted by Gasteiger charge is -2.32. The maximum absolute atomic E-state index is 10.9. The fraction of sp³-hybridized carbons (Fsp3) is 0.600. The van der Waals surface area contributed by atoms with Gasteiger partial charge in [0.15, 0.2) is 0 Å². The zero-order chi connectivity index (χ0) is 13.1. The Bertz CT molecular complexity index is 348. The second kappa shape index (κ2) is 5.88.